The van der Waals surface area contributed by atoms with E-state index in [4.69, 9.17) is 4.52 Å². The Morgan fingerprint density at radius 3 is 2.43 bits per heavy atom. The molecule has 2 heterocycles. The van der Waals surface area contributed by atoms with Gasteiger partial charge in [-0.15, -0.1) is 11.8 Å². The Balaban J connectivity index is 1.35. The third-order valence-corrected chi connectivity index (χ3v) is 5.46. The number of hydrogen-bond acceptors (Lipinski definition) is 6. The van der Waals surface area contributed by atoms with E-state index < -0.39 is 0 Å². The number of hydrogen-bond donors (Lipinski definition) is 2. The van der Waals surface area contributed by atoms with Gasteiger partial charge in [0, 0.05) is 37.9 Å². The van der Waals surface area contributed by atoms with Gasteiger partial charge in [-0.25, -0.2) is 4.79 Å². The van der Waals surface area contributed by atoms with Crippen LogP contribution in [0.2, 0.25) is 0 Å². The zero-order chi connectivity index (χ0) is 21.5. The molecule has 160 valence electrons. The molecular weight excluding hydrogens is 406 g/mol. The molecule has 1 aliphatic heterocycles. The summed E-state index contributed by atoms with van der Waals surface area (Å²) < 4.78 is 4.89. The maximum Gasteiger partial charge on any atom is 0.321 e. The topological polar surface area (TPSA) is 108 Å². The number of nitrogens with one attached hydrogen (secondary N) is 2. The van der Waals surface area contributed by atoms with Gasteiger partial charge in [0.25, 0.3) is 0 Å². The Morgan fingerprint density at radius 2 is 1.77 bits per heavy atom. The van der Waals surface area contributed by atoms with Crippen molar-refractivity contribution in [3.05, 3.63) is 41.7 Å². The molecule has 0 saturated carbocycles. The molecule has 4 amide bonds. The van der Waals surface area contributed by atoms with Crippen LogP contribution in [0.3, 0.4) is 0 Å². The Morgan fingerprint density at radius 1 is 1.03 bits per heavy atom. The molecule has 9 nitrogen and oxygen atoms in total. The summed E-state index contributed by atoms with van der Waals surface area (Å²) in [6, 6.07) is 9.09. The zero-order valence-corrected chi connectivity index (χ0v) is 17.8. The number of nitrogens with zero attached hydrogens (tertiary/aromatic N) is 3. The average molecular weight is 432 g/mol. The monoisotopic (exact) mass is 431 g/mol. The Labute approximate surface area is 179 Å². The number of aromatic nitrogens is 1. The quantitative estimate of drug-likeness (QED) is 0.727. The molecule has 0 bridgehead atoms. The summed E-state index contributed by atoms with van der Waals surface area (Å²) in [4.78, 5) is 40.1. The molecule has 2 N–H and O–H groups in total. The zero-order valence-electron chi connectivity index (χ0n) is 17.0. The van der Waals surface area contributed by atoms with Crippen LogP contribution in [0.4, 0.5) is 16.3 Å². The van der Waals surface area contributed by atoms with Crippen molar-refractivity contribution >= 4 is 41.1 Å². The summed E-state index contributed by atoms with van der Waals surface area (Å²) in [5.74, 6) is 1.06. The number of carbonyl (C=O) groups excluding carboxylic acids is 3. The van der Waals surface area contributed by atoms with Crippen molar-refractivity contribution in [2.75, 3.05) is 48.3 Å². The van der Waals surface area contributed by atoms with Gasteiger partial charge in [0.15, 0.2) is 5.82 Å². The van der Waals surface area contributed by atoms with E-state index in [9.17, 15) is 14.4 Å². The van der Waals surface area contributed by atoms with Crippen molar-refractivity contribution in [2.24, 2.45) is 0 Å². The second-order valence-electron chi connectivity index (χ2n) is 7.03. The Kier molecular flexibility index (Phi) is 7.34. The first-order valence-corrected chi connectivity index (χ1v) is 10.8. The van der Waals surface area contributed by atoms with Gasteiger partial charge >= 0.3 is 6.03 Å². The second-order valence-corrected chi connectivity index (χ2v) is 8.02. The smallest absolute Gasteiger partial charge is 0.321 e. The minimum Gasteiger partial charge on any atom is -0.360 e. The van der Waals surface area contributed by atoms with Crippen molar-refractivity contribution in [1.82, 2.24) is 15.0 Å². The van der Waals surface area contributed by atoms with Gasteiger partial charge in [-0.3, -0.25) is 9.59 Å². The van der Waals surface area contributed by atoms with Gasteiger partial charge < -0.3 is 25.0 Å². The van der Waals surface area contributed by atoms with Crippen LogP contribution in [0.5, 0.6) is 0 Å². The summed E-state index contributed by atoms with van der Waals surface area (Å²) in [6.07, 6.45) is 0. The predicted octanol–water partition coefficient (Wildman–Crippen LogP) is 2.34. The van der Waals surface area contributed by atoms with Crippen molar-refractivity contribution < 1.29 is 18.9 Å². The second kappa shape index (κ2) is 10.1. The first-order chi connectivity index (χ1) is 14.4. The summed E-state index contributed by atoms with van der Waals surface area (Å²) in [7, 11) is 0. The van der Waals surface area contributed by atoms with Crippen LogP contribution in [0, 0.1) is 13.8 Å². The van der Waals surface area contributed by atoms with E-state index >= 15 is 0 Å². The minimum atomic E-state index is -0.237. The highest BCUT2D eigenvalue weighted by molar-refractivity contribution is 8.00. The predicted molar refractivity (Wildman–Crippen MR) is 116 cm³/mol. The van der Waals surface area contributed by atoms with Crippen molar-refractivity contribution in [1.29, 1.82) is 0 Å². The molecular formula is C20H25N5O4S. The lowest BCUT2D eigenvalue weighted by Crippen LogP contribution is -2.52. The van der Waals surface area contributed by atoms with Crippen LogP contribution in [0.15, 0.2) is 34.9 Å². The summed E-state index contributed by atoms with van der Waals surface area (Å²) in [6.45, 7) is 5.61. The standard InChI is InChI=1S/C20H25N5O4S/c1-14-4-3-5-16(10-14)21-20(28)25-8-6-24(7-9-25)19(27)13-30-12-18(26)22-17-11-15(2)29-23-17/h3-5,10-11H,6-9,12-13H2,1-2H3,(H,21,28)(H,22,23,26). The van der Waals surface area contributed by atoms with Crippen molar-refractivity contribution in [2.45, 2.75) is 13.8 Å². The fraction of sp³-hybridized carbons (Fsp3) is 0.400. The van der Waals surface area contributed by atoms with Crippen LogP contribution in [0.1, 0.15) is 11.3 Å². The number of anilines is 2. The van der Waals surface area contributed by atoms with E-state index in [0.717, 1.165) is 11.3 Å². The summed E-state index contributed by atoms with van der Waals surface area (Å²) in [5.41, 5.74) is 1.83. The largest absolute Gasteiger partial charge is 0.360 e. The molecule has 1 fully saturated rings. The number of piperazine rings is 1. The molecule has 1 aromatic carbocycles. The molecule has 10 heteroatoms. The summed E-state index contributed by atoms with van der Waals surface area (Å²) in [5, 5.41) is 9.20. The molecule has 0 aliphatic carbocycles. The van der Waals surface area contributed by atoms with E-state index in [1.165, 1.54) is 11.8 Å². The van der Waals surface area contributed by atoms with Gasteiger partial charge in [-0.05, 0) is 31.5 Å². The molecule has 0 radical (unpaired) electrons. The molecule has 1 aromatic heterocycles. The molecule has 2 aromatic rings. The number of thioether (sulfide) groups is 1. The molecule has 0 unspecified atom stereocenters. The van der Waals surface area contributed by atoms with E-state index in [0.29, 0.717) is 37.8 Å². The third kappa shape index (κ3) is 6.24. The van der Waals surface area contributed by atoms with Gasteiger partial charge in [-0.1, -0.05) is 17.3 Å². The maximum atomic E-state index is 12.4. The van der Waals surface area contributed by atoms with Gasteiger partial charge in [-0.2, -0.15) is 0 Å². The fourth-order valence-corrected chi connectivity index (χ4v) is 3.73. The lowest BCUT2D eigenvalue weighted by Gasteiger charge is -2.34. The van der Waals surface area contributed by atoms with Gasteiger partial charge in [0.2, 0.25) is 11.8 Å². The van der Waals surface area contributed by atoms with E-state index in [1.54, 1.807) is 22.8 Å². The van der Waals surface area contributed by atoms with Crippen LogP contribution in [-0.4, -0.2) is 70.5 Å². The Bertz CT molecular complexity index is 908. The van der Waals surface area contributed by atoms with Crippen molar-refractivity contribution in [3.63, 3.8) is 0 Å². The van der Waals surface area contributed by atoms with E-state index in [-0.39, 0.29) is 29.4 Å². The number of urea groups is 1. The van der Waals surface area contributed by atoms with Crippen LogP contribution >= 0.6 is 11.8 Å². The normalized spacial score (nSPS) is 13.8. The molecule has 1 saturated heterocycles. The van der Waals surface area contributed by atoms with E-state index in [2.05, 4.69) is 15.8 Å². The minimum absolute atomic E-state index is 0.0381. The van der Waals surface area contributed by atoms with Crippen molar-refractivity contribution in [3.8, 4) is 0 Å². The molecule has 30 heavy (non-hydrogen) atoms. The van der Waals surface area contributed by atoms with Gasteiger partial charge in [0.05, 0.1) is 11.5 Å². The SMILES string of the molecule is Cc1cccc(NC(=O)N2CCN(C(=O)CSCC(=O)Nc3cc(C)on3)CC2)c1. The highest BCUT2D eigenvalue weighted by Crippen LogP contribution is 2.13. The number of aryl methyl sites for hydroxylation is 2. The van der Waals surface area contributed by atoms with Crippen LogP contribution < -0.4 is 10.6 Å². The molecule has 0 atom stereocenters. The number of benzene rings is 1. The maximum absolute atomic E-state index is 12.4. The Hall–Kier alpha value is -3.01. The number of rotatable bonds is 6. The van der Waals surface area contributed by atoms with E-state index in [1.807, 2.05) is 31.2 Å². The number of amides is 4. The molecule has 0 spiro atoms. The average Bonchev–Trinajstić information content (AvgIpc) is 3.12. The molecule has 3 rings (SSSR count). The first kappa shape index (κ1) is 21.7. The fourth-order valence-electron chi connectivity index (χ4n) is 3.01. The number of carbonyl (C=O) groups is 3. The summed E-state index contributed by atoms with van der Waals surface area (Å²) >= 11 is 1.24. The highest BCUT2D eigenvalue weighted by Gasteiger charge is 2.24. The van der Waals surface area contributed by atoms with Crippen LogP contribution in [0.25, 0.3) is 0 Å². The third-order valence-electron chi connectivity index (χ3n) is 4.54. The lowest BCUT2D eigenvalue weighted by molar-refractivity contribution is -0.129. The molecule has 1 aliphatic rings. The highest BCUT2D eigenvalue weighted by atomic mass is 32.2. The lowest BCUT2D eigenvalue weighted by atomic mass is 10.2. The van der Waals surface area contributed by atoms with Gasteiger partial charge in [0.1, 0.15) is 5.76 Å². The van der Waals surface area contributed by atoms with Crippen LogP contribution in [-0.2, 0) is 9.59 Å². The first-order valence-electron chi connectivity index (χ1n) is 9.62.